The molecule has 0 spiro atoms. The van der Waals surface area contributed by atoms with Crippen LogP contribution in [0.2, 0.25) is 0 Å². The van der Waals surface area contributed by atoms with Crippen LogP contribution in [0.25, 0.3) is 0 Å². The molecule has 94 valence electrons. The summed E-state index contributed by atoms with van der Waals surface area (Å²) in [6.45, 7) is 3.10. The van der Waals surface area contributed by atoms with Crippen molar-refractivity contribution < 1.29 is 4.74 Å². The summed E-state index contributed by atoms with van der Waals surface area (Å²) < 4.78 is 8.05. The normalized spacial score (nSPS) is 33.2. The maximum absolute atomic E-state index is 6.35. The molecule has 0 saturated carbocycles. The molecule has 2 bridgehead atoms. The largest absolute Gasteiger partial charge is 0.375 e. The molecule has 4 heteroatoms. The van der Waals surface area contributed by atoms with Crippen LogP contribution in [-0.2, 0) is 17.7 Å². The molecule has 1 aromatic rings. The number of aryl methyl sites for hydroxylation is 1. The highest BCUT2D eigenvalue weighted by Crippen LogP contribution is 2.40. The molecule has 0 amide bonds. The summed E-state index contributed by atoms with van der Waals surface area (Å²) >= 11 is 0. The summed E-state index contributed by atoms with van der Waals surface area (Å²) in [6, 6.07) is 0.193. The third kappa shape index (κ3) is 2.00. The lowest BCUT2D eigenvalue weighted by molar-refractivity contribution is 0.0883. The number of nitrogens with two attached hydrogens (primary N) is 1. The zero-order valence-corrected chi connectivity index (χ0v) is 10.4. The number of ether oxygens (including phenoxy) is 1. The van der Waals surface area contributed by atoms with E-state index in [1.165, 1.54) is 12.8 Å². The fourth-order valence-electron chi connectivity index (χ4n) is 3.31. The molecular weight excluding hydrogens is 214 g/mol. The highest BCUT2D eigenvalue weighted by atomic mass is 16.5. The topological polar surface area (TPSA) is 53.1 Å². The van der Waals surface area contributed by atoms with Gasteiger partial charge in [0.2, 0.25) is 0 Å². The lowest BCUT2D eigenvalue weighted by atomic mass is 9.83. The van der Waals surface area contributed by atoms with Crippen LogP contribution in [0.3, 0.4) is 0 Å². The Labute approximate surface area is 102 Å². The minimum absolute atomic E-state index is 0.193. The number of fused-ring (bicyclic) bond motifs is 2. The van der Waals surface area contributed by atoms with Gasteiger partial charge >= 0.3 is 0 Å². The molecule has 4 unspecified atom stereocenters. The van der Waals surface area contributed by atoms with E-state index in [9.17, 15) is 0 Å². The number of hydrogen-bond acceptors (Lipinski definition) is 3. The van der Waals surface area contributed by atoms with Gasteiger partial charge in [-0.25, -0.2) is 4.98 Å². The van der Waals surface area contributed by atoms with Crippen molar-refractivity contribution >= 4 is 0 Å². The predicted molar refractivity (Wildman–Crippen MR) is 65.6 cm³/mol. The third-order valence-electron chi connectivity index (χ3n) is 4.26. The van der Waals surface area contributed by atoms with E-state index >= 15 is 0 Å². The summed E-state index contributed by atoms with van der Waals surface area (Å²) in [5.74, 6) is 1.65. The van der Waals surface area contributed by atoms with Crippen molar-refractivity contribution in [2.24, 2.45) is 11.7 Å². The number of imidazole rings is 1. The van der Waals surface area contributed by atoms with Gasteiger partial charge < -0.3 is 15.0 Å². The van der Waals surface area contributed by atoms with Crippen LogP contribution >= 0.6 is 0 Å². The average molecular weight is 235 g/mol. The van der Waals surface area contributed by atoms with E-state index in [4.69, 9.17) is 10.5 Å². The van der Waals surface area contributed by atoms with Crippen molar-refractivity contribution in [3.8, 4) is 0 Å². The molecule has 2 saturated heterocycles. The van der Waals surface area contributed by atoms with E-state index < -0.39 is 0 Å². The molecule has 17 heavy (non-hydrogen) atoms. The zero-order chi connectivity index (χ0) is 11.8. The smallest absolute Gasteiger partial charge is 0.110 e. The summed E-state index contributed by atoms with van der Waals surface area (Å²) in [7, 11) is 0. The first-order valence-electron chi connectivity index (χ1n) is 6.69. The van der Waals surface area contributed by atoms with Crippen molar-refractivity contribution in [2.75, 3.05) is 0 Å². The first kappa shape index (κ1) is 11.2. The summed E-state index contributed by atoms with van der Waals surface area (Å²) in [4.78, 5) is 4.40. The standard InChI is InChI=1S/C13H21N3O/c1-2-16-6-5-15-13(16)8-11(14)10-7-9-3-4-12(10)17-9/h5-6,9-12H,2-4,7-8,14H2,1H3. The van der Waals surface area contributed by atoms with Crippen LogP contribution in [0.15, 0.2) is 12.4 Å². The molecule has 2 aliphatic heterocycles. The summed E-state index contributed by atoms with van der Waals surface area (Å²) in [5.41, 5.74) is 6.35. The van der Waals surface area contributed by atoms with Crippen LogP contribution in [0.5, 0.6) is 0 Å². The number of aromatic nitrogens is 2. The molecule has 4 atom stereocenters. The zero-order valence-electron chi connectivity index (χ0n) is 10.4. The number of rotatable bonds is 4. The number of nitrogens with zero attached hydrogens (tertiary/aromatic N) is 2. The lowest BCUT2D eigenvalue weighted by Crippen LogP contribution is -2.38. The second kappa shape index (κ2) is 4.42. The van der Waals surface area contributed by atoms with Gasteiger partial charge in [-0.3, -0.25) is 0 Å². The fourth-order valence-corrected chi connectivity index (χ4v) is 3.31. The molecule has 3 rings (SSSR count). The highest BCUT2D eigenvalue weighted by molar-refractivity contribution is 5.00. The van der Waals surface area contributed by atoms with E-state index in [-0.39, 0.29) is 6.04 Å². The highest BCUT2D eigenvalue weighted by Gasteiger charge is 2.43. The third-order valence-corrected chi connectivity index (χ3v) is 4.26. The van der Waals surface area contributed by atoms with Gasteiger partial charge in [-0.2, -0.15) is 0 Å². The van der Waals surface area contributed by atoms with Gasteiger partial charge in [-0.05, 0) is 26.2 Å². The second-order valence-corrected chi connectivity index (χ2v) is 5.27. The van der Waals surface area contributed by atoms with Gasteiger partial charge in [0.1, 0.15) is 5.82 Å². The Morgan fingerprint density at radius 2 is 2.47 bits per heavy atom. The van der Waals surface area contributed by atoms with Crippen molar-refractivity contribution in [3.05, 3.63) is 18.2 Å². The molecule has 0 aromatic carbocycles. The van der Waals surface area contributed by atoms with Crippen LogP contribution < -0.4 is 5.73 Å². The molecule has 4 nitrogen and oxygen atoms in total. The summed E-state index contributed by atoms with van der Waals surface area (Å²) in [5, 5.41) is 0. The van der Waals surface area contributed by atoms with Crippen LogP contribution in [0.4, 0.5) is 0 Å². The van der Waals surface area contributed by atoms with Crippen molar-refractivity contribution in [3.63, 3.8) is 0 Å². The van der Waals surface area contributed by atoms with Gasteiger partial charge in [0.25, 0.3) is 0 Å². The van der Waals surface area contributed by atoms with E-state index in [1.54, 1.807) is 0 Å². The molecule has 2 fully saturated rings. The second-order valence-electron chi connectivity index (χ2n) is 5.27. The maximum Gasteiger partial charge on any atom is 0.110 e. The monoisotopic (exact) mass is 235 g/mol. The Kier molecular flexibility index (Phi) is 2.92. The van der Waals surface area contributed by atoms with Gasteiger partial charge in [-0.15, -0.1) is 0 Å². The molecule has 0 radical (unpaired) electrons. The average Bonchev–Trinajstić information content (AvgIpc) is 3.03. The van der Waals surface area contributed by atoms with E-state index in [2.05, 4.69) is 16.5 Å². The van der Waals surface area contributed by atoms with Crippen LogP contribution in [0.1, 0.15) is 32.0 Å². The van der Waals surface area contributed by atoms with Crippen LogP contribution in [-0.4, -0.2) is 27.8 Å². The van der Waals surface area contributed by atoms with Crippen molar-refractivity contribution in [2.45, 2.75) is 57.4 Å². The first-order valence-corrected chi connectivity index (χ1v) is 6.69. The first-order chi connectivity index (χ1) is 8.28. The van der Waals surface area contributed by atoms with Gasteiger partial charge in [0.15, 0.2) is 0 Å². The van der Waals surface area contributed by atoms with Gasteiger partial charge in [0.05, 0.1) is 12.2 Å². The predicted octanol–water partition coefficient (Wildman–Crippen LogP) is 1.34. The van der Waals surface area contributed by atoms with E-state index in [0.717, 1.165) is 25.2 Å². The molecule has 1 aromatic heterocycles. The Morgan fingerprint density at radius 3 is 3.12 bits per heavy atom. The maximum atomic E-state index is 6.35. The van der Waals surface area contributed by atoms with E-state index in [0.29, 0.717) is 18.1 Å². The fraction of sp³-hybridized carbons (Fsp3) is 0.769. The minimum Gasteiger partial charge on any atom is -0.375 e. The SMILES string of the molecule is CCn1ccnc1CC(N)C1CC2CCC1O2. The molecule has 2 aliphatic rings. The van der Waals surface area contributed by atoms with Crippen LogP contribution in [0, 0.1) is 5.92 Å². The van der Waals surface area contributed by atoms with Crippen molar-refractivity contribution in [1.82, 2.24) is 9.55 Å². The quantitative estimate of drug-likeness (QED) is 0.857. The lowest BCUT2D eigenvalue weighted by Gasteiger charge is -2.25. The van der Waals surface area contributed by atoms with E-state index in [1.807, 2.05) is 12.4 Å². The van der Waals surface area contributed by atoms with Crippen molar-refractivity contribution in [1.29, 1.82) is 0 Å². The Bertz CT molecular complexity index is 390. The Balaban J connectivity index is 1.65. The Morgan fingerprint density at radius 1 is 1.59 bits per heavy atom. The minimum atomic E-state index is 0.193. The molecule has 2 N–H and O–H groups in total. The molecule has 3 heterocycles. The Hall–Kier alpha value is -0.870. The van der Waals surface area contributed by atoms with Gasteiger partial charge in [-0.1, -0.05) is 0 Å². The van der Waals surface area contributed by atoms with Gasteiger partial charge in [0, 0.05) is 37.3 Å². The molecular formula is C13H21N3O. The summed E-state index contributed by atoms with van der Waals surface area (Å²) in [6.07, 6.45) is 9.25. The number of hydrogen-bond donors (Lipinski definition) is 1. The molecule has 0 aliphatic carbocycles.